The highest BCUT2D eigenvalue weighted by Crippen LogP contribution is 2.14. The largest absolute Gasteiger partial charge is 0.326 e. The molecule has 1 amide bonds. The predicted molar refractivity (Wildman–Crippen MR) is 135 cm³/mol. The first-order valence-corrected chi connectivity index (χ1v) is 12.6. The Balaban J connectivity index is 1.45. The molecule has 2 rings (SSSR count). The van der Waals surface area contributed by atoms with E-state index in [4.69, 9.17) is 0 Å². The summed E-state index contributed by atoms with van der Waals surface area (Å²) in [6, 6.07) is 7.74. The minimum atomic E-state index is 0.0799. The van der Waals surface area contributed by atoms with Crippen molar-refractivity contribution in [2.24, 2.45) is 5.10 Å². The van der Waals surface area contributed by atoms with E-state index in [1.54, 1.807) is 5.12 Å². The average Bonchev–Trinajstić information content (AvgIpc) is 3.23. The third-order valence-electron chi connectivity index (χ3n) is 5.67. The number of amides is 1. The number of allylic oxidation sites excluding steroid dienone is 2. The Morgan fingerprint density at radius 1 is 0.969 bits per heavy atom. The zero-order valence-electron chi connectivity index (χ0n) is 20.2. The number of rotatable bonds is 17. The van der Waals surface area contributed by atoms with Crippen molar-refractivity contribution >= 4 is 17.4 Å². The SMILES string of the molecule is CCCCCCCC/C=C\CCCCCCCC(=O)Nc1cccc(C2=NNN(C)N2)c1. The molecule has 1 aliphatic heterocycles. The highest BCUT2D eigenvalue weighted by molar-refractivity contribution is 6.00. The van der Waals surface area contributed by atoms with Crippen molar-refractivity contribution in [3.05, 3.63) is 42.0 Å². The van der Waals surface area contributed by atoms with Crippen LogP contribution in [-0.4, -0.2) is 23.9 Å². The van der Waals surface area contributed by atoms with Crippen LogP contribution in [0.3, 0.4) is 0 Å². The maximum Gasteiger partial charge on any atom is 0.224 e. The zero-order valence-corrected chi connectivity index (χ0v) is 20.2. The van der Waals surface area contributed by atoms with E-state index in [9.17, 15) is 4.79 Å². The second-order valence-electron chi connectivity index (χ2n) is 8.69. The summed E-state index contributed by atoms with van der Waals surface area (Å²) in [5.74, 6) is 0.817. The summed E-state index contributed by atoms with van der Waals surface area (Å²) in [6.45, 7) is 2.27. The van der Waals surface area contributed by atoms with Crippen molar-refractivity contribution in [3.8, 4) is 0 Å². The number of hydrogen-bond acceptors (Lipinski definition) is 5. The number of hydrazine groups is 2. The van der Waals surface area contributed by atoms with E-state index in [2.05, 4.69) is 40.5 Å². The van der Waals surface area contributed by atoms with Crippen molar-refractivity contribution in [2.75, 3.05) is 12.4 Å². The van der Waals surface area contributed by atoms with E-state index in [-0.39, 0.29) is 5.91 Å². The van der Waals surface area contributed by atoms with Gasteiger partial charge in [0.1, 0.15) is 0 Å². The number of benzene rings is 1. The second-order valence-corrected chi connectivity index (χ2v) is 8.69. The number of carbonyl (C=O) groups excluding carboxylic acids is 1. The summed E-state index contributed by atoms with van der Waals surface area (Å²) in [5.41, 5.74) is 7.64. The van der Waals surface area contributed by atoms with Crippen LogP contribution in [0.1, 0.15) is 102 Å². The number of nitrogens with one attached hydrogen (secondary N) is 3. The van der Waals surface area contributed by atoms with Crippen LogP contribution in [0.5, 0.6) is 0 Å². The van der Waals surface area contributed by atoms with Gasteiger partial charge in [0.05, 0.1) is 0 Å². The third kappa shape index (κ3) is 11.3. The molecule has 0 radical (unpaired) electrons. The Hall–Kier alpha value is -2.34. The molecule has 0 unspecified atom stereocenters. The minimum Gasteiger partial charge on any atom is -0.326 e. The molecule has 1 aliphatic rings. The summed E-state index contributed by atoms with van der Waals surface area (Å²) in [5, 5.41) is 8.87. The van der Waals surface area contributed by atoms with Gasteiger partial charge in [0, 0.05) is 24.7 Å². The lowest BCUT2D eigenvalue weighted by atomic mass is 10.1. The summed E-state index contributed by atoms with van der Waals surface area (Å²) in [7, 11) is 1.84. The molecule has 6 nitrogen and oxygen atoms in total. The van der Waals surface area contributed by atoms with Crippen LogP contribution in [0.25, 0.3) is 0 Å². The number of carbonyl (C=O) groups is 1. The molecule has 0 saturated heterocycles. The van der Waals surface area contributed by atoms with Gasteiger partial charge in [-0.05, 0) is 44.2 Å². The lowest BCUT2D eigenvalue weighted by Gasteiger charge is -2.10. The van der Waals surface area contributed by atoms with E-state index >= 15 is 0 Å². The molecule has 0 aliphatic carbocycles. The summed E-state index contributed by atoms with van der Waals surface area (Å²) in [4.78, 5) is 12.2. The Kier molecular flexibility index (Phi) is 13.2. The maximum atomic E-state index is 12.2. The van der Waals surface area contributed by atoms with Gasteiger partial charge >= 0.3 is 0 Å². The van der Waals surface area contributed by atoms with Gasteiger partial charge in [-0.1, -0.05) is 82.6 Å². The van der Waals surface area contributed by atoms with Crippen LogP contribution in [0, 0.1) is 0 Å². The van der Waals surface area contributed by atoms with Crippen LogP contribution in [0.15, 0.2) is 41.5 Å². The Morgan fingerprint density at radius 3 is 2.28 bits per heavy atom. The Bertz CT molecular complexity index is 716. The molecule has 1 heterocycles. The number of hydrogen-bond donors (Lipinski definition) is 3. The fraction of sp³-hybridized carbons (Fsp3) is 0.615. The molecule has 0 atom stereocenters. The van der Waals surface area contributed by atoms with Crippen molar-refractivity contribution in [3.63, 3.8) is 0 Å². The maximum absolute atomic E-state index is 12.2. The van der Waals surface area contributed by atoms with Crippen LogP contribution < -0.4 is 16.3 Å². The second kappa shape index (κ2) is 16.3. The standard InChI is InChI=1S/C26H43N5O/c1-3-4-5-6-7-8-9-10-11-12-13-14-15-16-17-21-25(32)27-24-20-18-19-23(22-24)26-28-30-31(2)29-26/h10-11,18-20,22,30H,3-9,12-17,21H2,1-2H3,(H,27,32)(H,28,29)/b11-10-. The van der Waals surface area contributed by atoms with Gasteiger partial charge in [-0.25, -0.2) is 5.53 Å². The number of anilines is 1. The third-order valence-corrected chi connectivity index (χ3v) is 5.67. The first kappa shape index (κ1) is 25.9. The number of amidine groups is 1. The summed E-state index contributed by atoms with van der Waals surface area (Å²) in [6.07, 6.45) is 21.7. The molecule has 0 aromatic heterocycles. The van der Waals surface area contributed by atoms with Crippen LogP contribution in [-0.2, 0) is 4.79 Å². The van der Waals surface area contributed by atoms with Crippen LogP contribution in [0.4, 0.5) is 5.69 Å². The van der Waals surface area contributed by atoms with Gasteiger partial charge in [0.25, 0.3) is 0 Å². The normalized spacial score (nSPS) is 13.8. The fourth-order valence-corrected chi connectivity index (χ4v) is 3.79. The Morgan fingerprint density at radius 2 is 1.62 bits per heavy atom. The lowest BCUT2D eigenvalue weighted by Crippen LogP contribution is -2.37. The van der Waals surface area contributed by atoms with Gasteiger partial charge in [0.2, 0.25) is 5.91 Å². The van der Waals surface area contributed by atoms with E-state index in [1.807, 2.05) is 31.3 Å². The number of hydrazone groups is 1. The molecule has 0 saturated carbocycles. The summed E-state index contributed by atoms with van der Waals surface area (Å²) < 4.78 is 0. The van der Waals surface area contributed by atoms with E-state index in [0.29, 0.717) is 6.42 Å². The van der Waals surface area contributed by atoms with E-state index in [0.717, 1.165) is 29.9 Å². The van der Waals surface area contributed by atoms with Crippen molar-refractivity contribution in [1.29, 1.82) is 0 Å². The number of unbranched alkanes of at least 4 members (excludes halogenated alkanes) is 11. The molecule has 32 heavy (non-hydrogen) atoms. The smallest absolute Gasteiger partial charge is 0.224 e. The molecular weight excluding hydrogens is 398 g/mol. The predicted octanol–water partition coefficient (Wildman–Crippen LogP) is 6.28. The topological polar surface area (TPSA) is 68.8 Å². The molecule has 0 fully saturated rings. The molecular formula is C26H43N5O. The highest BCUT2D eigenvalue weighted by Gasteiger charge is 2.12. The molecule has 0 bridgehead atoms. The summed E-state index contributed by atoms with van der Waals surface area (Å²) >= 11 is 0. The van der Waals surface area contributed by atoms with Crippen LogP contribution in [0.2, 0.25) is 0 Å². The zero-order chi connectivity index (χ0) is 22.9. The monoisotopic (exact) mass is 441 g/mol. The molecule has 0 spiro atoms. The van der Waals surface area contributed by atoms with Gasteiger partial charge < -0.3 is 5.32 Å². The molecule has 178 valence electrons. The van der Waals surface area contributed by atoms with Crippen molar-refractivity contribution in [2.45, 2.75) is 96.8 Å². The lowest BCUT2D eigenvalue weighted by molar-refractivity contribution is -0.116. The molecule has 1 aromatic rings. The quantitative estimate of drug-likeness (QED) is 0.197. The van der Waals surface area contributed by atoms with Crippen molar-refractivity contribution < 1.29 is 4.79 Å². The van der Waals surface area contributed by atoms with Crippen LogP contribution >= 0.6 is 0 Å². The highest BCUT2D eigenvalue weighted by atomic mass is 16.1. The van der Waals surface area contributed by atoms with E-state index < -0.39 is 0 Å². The van der Waals surface area contributed by atoms with Gasteiger partial charge in [-0.15, -0.1) is 10.2 Å². The molecule has 6 heteroatoms. The fourth-order valence-electron chi connectivity index (χ4n) is 3.79. The average molecular weight is 442 g/mol. The molecule has 1 aromatic carbocycles. The van der Waals surface area contributed by atoms with Gasteiger partial charge in [-0.2, -0.15) is 0 Å². The minimum absolute atomic E-state index is 0.0799. The van der Waals surface area contributed by atoms with E-state index in [1.165, 1.54) is 70.6 Å². The molecule has 3 N–H and O–H groups in total. The first-order valence-electron chi connectivity index (χ1n) is 12.6. The van der Waals surface area contributed by atoms with Gasteiger partial charge in [-0.3, -0.25) is 10.2 Å². The van der Waals surface area contributed by atoms with Gasteiger partial charge in [0.15, 0.2) is 5.84 Å². The van der Waals surface area contributed by atoms with Crippen molar-refractivity contribution in [1.82, 2.24) is 16.1 Å². The Labute approximate surface area is 194 Å². The number of nitrogens with zero attached hydrogens (tertiary/aromatic N) is 2. The first-order chi connectivity index (χ1) is 15.7.